The Hall–Kier alpha value is -1.26. The van der Waals surface area contributed by atoms with Crippen LogP contribution >= 0.6 is 22.9 Å². The van der Waals surface area contributed by atoms with Gasteiger partial charge in [-0.05, 0) is 46.1 Å². The molecule has 0 saturated heterocycles. The van der Waals surface area contributed by atoms with Crippen molar-refractivity contribution in [3.05, 3.63) is 45.5 Å². The molecular formula is C11H10ClNO2S. The van der Waals surface area contributed by atoms with Gasteiger partial charge in [-0.15, -0.1) is 0 Å². The predicted octanol–water partition coefficient (Wildman–Crippen LogP) is 3.27. The van der Waals surface area contributed by atoms with E-state index in [1.807, 2.05) is 16.8 Å². The van der Waals surface area contributed by atoms with Gasteiger partial charge < -0.3 is 9.32 Å². The molecule has 16 heavy (non-hydrogen) atoms. The van der Waals surface area contributed by atoms with E-state index in [1.54, 1.807) is 35.4 Å². The van der Waals surface area contributed by atoms with Gasteiger partial charge in [-0.1, -0.05) is 0 Å². The first-order valence-corrected chi connectivity index (χ1v) is 6.01. The number of rotatable bonds is 3. The number of furan rings is 1. The average molecular weight is 256 g/mol. The van der Waals surface area contributed by atoms with Crippen LogP contribution in [0.5, 0.6) is 0 Å². The number of thiophene rings is 1. The maximum absolute atomic E-state index is 11.9. The molecule has 2 rings (SSSR count). The zero-order chi connectivity index (χ0) is 11.5. The first-order valence-electron chi connectivity index (χ1n) is 4.68. The zero-order valence-electron chi connectivity index (χ0n) is 8.64. The van der Waals surface area contributed by atoms with Crippen LogP contribution in [0, 0.1) is 0 Å². The molecule has 1 amide bonds. The van der Waals surface area contributed by atoms with Crippen LogP contribution in [0.2, 0.25) is 5.22 Å². The Labute approximate surface area is 102 Å². The van der Waals surface area contributed by atoms with Crippen molar-refractivity contribution in [3.8, 4) is 0 Å². The molecule has 0 spiro atoms. The maximum Gasteiger partial charge on any atom is 0.289 e. The highest BCUT2D eigenvalue weighted by molar-refractivity contribution is 7.07. The van der Waals surface area contributed by atoms with Gasteiger partial charge in [0.1, 0.15) is 0 Å². The number of amides is 1. The van der Waals surface area contributed by atoms with Crippen molar-refractivity contribution in [1.82, 2.24) is 4.90 Å². The van der Waals surface area contributed by atoms with Crippen LogP contribution < -0.4 is 0 Å². The van der Waals surface area contributed by atoms with Crippen LogP contribution in [-0.4, -0.2) is 17.9 Å². The smallest absolute Gasteiger partial charge is 0.289 e. The van der Waals surface area contributed by atoms with Crippen molar-refractivity contribution >= 4 is 28.8 Å². The van der Waals surface area contributed by atoms with E-state index >= 15 is 0 Å². The molecule has 0 aliphatic rings. The Morgan fingerprint density at radius 3 is 2.88 bits per heavy atom. The lowest BCUT2D eigenvalue weighted by Gasteiger charge is -2.14. The molecule has 0 atom stereocenters. The quantitative estimate of drug-likeness (QED) is 0.843. The monoisotopic (exact) mass is 255 g/mol. The summed E-state index contributed by atoms with van der Waals surface area (Å²) in [5.74, 6) is 0.0980. The Balaban J connectivity index is 2.05. The van der Waals surface area contributed by atoms with Crippen molar-refractivity contribution in [2.24, 2.45) is 0 Å². The van der Waals surface area contributed by atoms with Gasteiger partial charge in [0.25, 0.3) is 5.91 Å². The highest BCUT2D eigenvalue weighted by atomic mass is 35.5. The number of nitrogens with zero attached hydrogens (tertiary/aromatic N) is 1. The molecule has 0 saturated carbocycles. The lowest BCUT2D eigenvalue weighted by Crippen LogP contribution is -2.25. The van der Waals surface area contributed by atoms with Gasteiger partial charge in [0.2, 0.25) is 0 Å². The molecule has 0 aliphatic carbocycles. The van der Waals surface area contributed by atoms with Crippen LogP contribution in [0.3, 0.4) is 0 Å². The SMILES string of the molecule is CN(Cc1ccsc1)C(=O)c1ccc(Cl)o1. The van der Waals surface area contributed by atoms with Gasteiger partial charge in [0, 0.05) is 13.6 Å². The third-order valence-corrected chi connectivity index (χ3v) is 3.07. The van der Waals surface area contributed by atoms with E-state index in [2.05, 4.69) is 0 Å². The zero-order valence-corrected chi connectivity index (χ0v) is 10.2. The van der Waals surface area contributed by atoms with Crippen LogP contribution in [0.25, 0.3) is 0 Å². The molecule has 2 aromatic heterocycles. The molecule has 2 aromatic rings. The normalized spacial score (nSPS) is 10.4. The summed E-state index contributed by atoms with van der Waals surface area (Å²) in [5, 5.41) is 4.23. The Bertz CT molecular complexity index is 478. The topological polar surface area (TPSA) is 33.5 Å². The molecule has 3 nitrogen and oxygen atoms in total. The molecule has 0 radical (unpaired) electrons. The van der Waals surface area contributed by atoms with Gasteiger partial charge in [0.05, 0.1) is 0 Å². The summed E-state index contributed by atoms with van der Waals surface area (Å²) in [5.41, 5.74) is 1.11. The summed E-state index contributed by atoms with van der Waals surface area (Å²) in [7, 11) is 1.73. The van der Waals surface area contributed by atoms with Crippen molar-refractivity contribution in [1.29, 1.82) is 0 Å². The first-order chi connectivity index (χ1) is 7.66. The molecule has 0 aromatic carbocycles. The number of carbonyl (C=O) groups excluding carboxylic acids is 1. The molecule has 0 fully saturated rings. The van der Waals surface area contributed by atoms with Gasteiger partial charge in [-0.25, -0.2) is 0 Å². The number of hydrogen-bond acceptors (Lipinski definition) is 3. The van der Waals surface area contributed by atoms with Crippen molar-refractivity contribution < 1.29 is 9.21 Å². The fraction of sp³-hybridized carbons (Fsp3) is 0.182. The molecule has 0 aliphatic heterocycles. The summed E-state index contributed by atoms with van der Waals surface area (Å²) >= 11 is 7.23. The van der Waals surface area contributed by atoms with Crippen LogP contribution in [0.15, 0.2) is 33.4 Å². The van der Waals surface area contributed by atoms with E-state index in [1.165, 1.54) is 0 Å². The second kappa shape index (κ2) is 4.72. The maximum atomic E-state index is 11.9. The van der Waals surface area contributed by atoms with Crippen LogP contribution in [0.4, 0.5) is 0 Å². The summed E-state index contributed by atoms with van der Waals surface area (Å²) in [6.07, 6.45) is 0. The van der Waals surface area contributed by atoms with Gasteiger partial charge in [0.15, 0.2) is 11.0 Å². The second-order valence-corrected chi connectivity index (χ2v) is 4.55. The van der Waals surface area contributed by atoms with E-state index in [0.29, 0.717) is 6.54 Å². The van der Waals surface area contributed by atoms with Gasteiger partial charge in [-0.3, -0.25) is 4.79 Å². The standard InChI is InChI=1S/C11H10ClNO2S/c1-13(6-8-4-5-16-7-8)11(14)9-2-3-10(12)15-9/h2-5,7H,6H2,1H3. The molecule has 0 bridgehead atoms. The molecule has 0 unspecified atom stereocenters. The van der Waals surface area contributed by atoms with Crippen molar-refractivity contribution in [2.45, 2.75) is 6.54 Å². The number of carbonyl (C=O) groups is 1. The van der Waals surface area contributed by atoms with Crippen molar-refractivity contribution in [3.63, 3.8) is 0 Å². The minimum absolute atomic E-state index is 0.168. The lowest BCUT2D eigenvalue weighted by atomic mass is 10.3. The van der Waals surface area contributed by atoms with E-state index in [9.17, 15) is 4.79 Å². The Morgan fingerprint density at radius 2 is 2.31 bits per heavy atom. The predicted molar refractivity (Wildman–Crippen MR) is 63.8 cm³/mol. The molecule has 0 N–H and O–H groups in total. The van der Waals surface area contributed by atoms with E-state index < -0.39 is 0 Å². The Kier molecular flexibility index (Phi) is 3.31. The number of halogens is 1. The van der Waals surface area contributed by atoms with Gasteiger partial charge >= 0.3 is 0 Å². The minimum Gasteiger partial charge on any atom is -0.440 e. The summed E-state index contributed by atoms with van der Waals surface area (Å²) in [4.78, 5) is 13.5. The van der Waals surface area contributed by atoms with Gasteiger partial charge in [-0.2, -0.15) is 11.3 Å². The fourth-order valence-corrected chi connectivity index (χ4v) is 2.15. The Morgan fingerprint density at radius 1 is 1.50 bits per heavy atom. The molecular weight excluding hydrogens is 246 g/mol. The summed E-state index contributed by atoms with van der Waals surface area (Å²) in [6.45, 7) is 0.570. The third-order valence-electron chi connectivity index (χ3n) is 2.13. The third kappa shape index (κ3) is 2.46. The average Bonchev–Trinajstić information content (AvgIpc) is 2.88. The largest absolute Gasteiger partial charge is 0.440 e. The van der Waals surface area contributed by atoms with Crippen LogP contribution in [-0.2, 0) is 6.54 Å². The number of hydrogen-bond donors (Lipinski definition) is 0. The van der Waals surface area contributed by atoms with E-state index in [-0.39, 0.29) is 16.9 Å². The highest BCUT2D eigenvalue weighted by Crippen LogP contribution is 2.16. The molecule has 5 heteroatoms. The lowest BCUT2D eigenvalue weighted by molar-refractivity contribution is 0.0753. The first kappa shape index (κ1) is 11.2. The summed E-state index contributed by atoms with van der Waals surface area (Å²) < 4.78 is 5.06. The second-order valence-electron chi connectivity index (χ2n) is 3.40. The molecule has 2 heterocycles. The fourth-order valence-electron chi connectivity index (χ4n) is 1.35. The van der Waals surface area contributed by atoms with Crippen LogP contribution in [0.1, 0.15) is 16.1 Å². The summed E-state index contributed by atoms with van der Waals surface area (Å²) in [6, 6.07) is 5.13. The van der Waals surface area contributed by atoms with E-state index in [0.717, 1.165) is 5.56 Å². The molecule has 84 valence electrons. The van der Waals surface area contributed by atoms with E-state index in [4.69, 9.17) is 16.0 Å². The minimum atomic E-state index is -0.168. The van der Waals surface area contributed by atoms with Crippen molar-refractivity contribution in [2.75, 3.05) is 7.05 Å². The highest BCUT2D eigenvalue weighted by Gasteiger charge is 2.15.